The van der Waals surface area contributed by atoms with Crippen molar-refractivity contribution in [3.63, 3.8) is 0 Å². The maximum Gasteiger partial charge on any atom is 0.338 e. The molecule has 0 aliphatic carbocycles. The molecule has 2 aromatic rings. The maximum absolute atomic E-state index is 12.1. The van der Waals surface area contributed by atoms with E-state index in [9.17, 15) is 22.8 Å². The van der Waals surface area contributed by atoms with Gasteiger partial charge in [-0.25, -0.2) is 17.9 Å². The van der Waals surface area contributed by atoms with Crippen LogP contribution in [0.15, 0.2) is 34.5 Å². The van der Waals surface area contributed by atoms with Crippen LogP contribution in [0.25, 0.3) is 0 Å². The molecule has 0 saturated carbocycles. The molecule has 4 N–H and O–H groups in total. The van der Waals surface area contributed by atoms with Crippen molar-refractivity contribution in [1.29, 1.82) is 0 Å². The molecule has 1 aromatic heterocycles. The van der Waals surface area contributed by atoms with E-state index in [-0.39, 0.29) is 26.0 Å². The van der Waals surface area contributed by atoms with E-state index in [1.807, 2.05) is 0 Å². The largest absolute Gasteiger partial charge is 0.452 e. The molecule has 1 aromatic carbocycles. The van der Waals surface area contributed by atoms with Crippen molar-refractivity contribution in [2.75, 3.05) is 19.0 Å². The predicted octanol–water partition coefficient (Wildman–Crippen LogP) is 1.20. The van der Waals surface area contributed by atoms with Gasteiger partial charge in [0.2, 0.25) is 10.0 Å². The van der Waals surface area contributed by atoms with Crippen LogP contribution in [-0.4, -0.2) is 39.9 Å². The molecule has 2 rings (SSSR count). The Kier molecular flexibility index (Phi) is 6.54. The minimum Gasteiger partial charge on any atom is -0.452 e. The molecule has 2 amide bonds. The van der Waals surface area contributed by atoms with Crippen LogP contribution in [0.2, 0.25) is 5.02 Å². The van der Waals surface area contributed by atoms with Crippen molar-refractivity contribution in [2.24, 2.45) is 5.73 Å². The first-order valence-corrected chi connectivity index (χ1v) is 9.97. The second-order valence-corrected chi connectivity index (χ2v) is 8.18. The Morgan fingerprint density at radius 3 is 2.59 bits per heavy atom. The molecular weight excluding hydrogens is 418 g/mol. The lowest BCUT2D eigenvalue weighted by Crippen LogP contribution is -2.23. The van der Waals surface area contributed by atoms with E-state index < -0.39 is 34.4 Å². The first-order chi connectivity index (χ1) is 12.7. The van der Waals surface area contributed by atoms with Crippen LogP contribution in [0, 0.1) is 0 Å². The van der Waals surface area contributed by atoms with Gasteiger partial charge in [-0.15, -0.1) is 11.3 Å². The summed E-state index contributed by atoms with van der Waals surface area (Å²) in [6, 6.07) is 4.99. The van der Waals surface area contributed by atoms with Gasteiger partial charge in [-0.05, 0) is 36.7 Å². The van der Waals surface area contributed by atoms with Gasteiger partial charge >= 0.3 is 5.97 Å². The molecule has 0 unspecified atom stereocenters. The molecule has 0 spiro atoms. The first kappa shape index (κ1) is 20.8. The fourth-order valence-corrected chi connectivity index (χ4v) is 3.98. The van der Waals surface area contributed by atoms with E-state index in [1.54, 1.807) is 5.38 Å². The van der Waals surface area contributed by atoms with E-state index in [0.717, 1.165) is 17.4 Å². The number of anilines is 1. The van der Waals surface area contributed by atoms with Crippen LogP contribution in [-0.2, 0) is 19.6 Å². The molecule has 0 fully saturated rings. The SMILES string of the molecule is CNS(=O)(=O)c1cc(C(=O)OCC(=O)Nc2sccc2C(N)=O)ccc1Cl. The minimum absolute atomic E-state index is 0.0738. The van der Waals surface area contributed by atoms with Gasteiger partial charge < -0.3 is 15.8 Å². The van der Waals surface area contributed by atoms with Crippen molar-refractivity contribution in [2.45, 2.75) is 4.90 Å². The number of primary amides is 1. The molecule has 0 bridgehead atoms. The van der Waals surface area contributed by atoms with Gasteiger partial charge in [-0.2, -0.15) is 0 Å². The first-order valence-electron chi connectivity index (χ1n) is 7.23. The highest BCUT2D eigenvalue weighted by atomic mass is 35.5. The highest BCUT2D eigenvalue weighted by Gasteiger charge is 2.20. The Balaban J connectivity index is 2.05. The van der Waals surface area contributed by atoms with Gasteiger partial charge in [0.15, 0.2) is 6.61 Å². The van der Waals surface area contributed by atoms with Gasteiger partial charge in [0, 0.05) is 0 Å². The third kappa shape index (κ3) is 5.04. The van der Waals surface area contributed by atoms with E-state index in [1.165, 1.54) is 25.2 Å². The quantitative estimate of drug-likeness (QED) is 0.562. The van der Waals surface area contributed by atoms with Gasteiger partial charge in [-0.3, -0.25) is 9.59 Å². The van der Waals surface area contributed by atoms with Gasteiger partial charge in [-0.1, -0.05) is 11.6 Å². The summed E-state index contributed by atoms with van der Waals surface area (Å²) >= 11 is 6.92. The second-order valence-electron chi connectivity index (χ2n) is 5.00. The van der Waals surface area contributed by atoms with Gasteiger partial charge in [0.05, 0.1) is 16.1 Å². The summed E-state index contributed by atoms with van der Waals surface area (Å²) in [6.07, 6.45) is 0. The number of hydrogen-bond donors (Lipinski definition) is 3. The number of hydrogen-bond acceptors (Lipinski definition) is 7. The summed E-state index contributed by atoms with van der Waals surface area (Å²) < 4.78 is 30.7. The average Bonchev–Trinajstić information content (AvgIpc) is 3.08. The summed E-state index contributed by atoms with van der Waals surface area (Å²) in [5, 5.41) is 4.14. The molecule has 0 radical (unpaired) electrons. The van der Waals surface area contributed by atoms with Crippen LogP contribution in [0.3, 0.4) is 0 Å². The number of ether oxygens (including phenoxy) is 1. The van der Waals surface area contributed by atoms with E-state index in [2.05, 4.69) is 10.0 Å². The lowest BCUT2D eigenvalue weighted by molar-refractivity contribution is -0.119. The second kappa shape index (κ2) is 8.48. The summed E-state index contributed by atoms with van der Waals surface area (Å²) in [5.74, 6) is -2.32. The lowest BCUT2D eigenvalue weighted by atomic mass is 10.2. The van der Waals surface area contributed by atoms with Crippen molar-refractivity contribution in [3.05, 3.63) is 45.8 Å². The van der Waals surface area contributed by atoms with Crippen LogP contribution in [0.5, 0.6) is 0 Å². The zero-order valence-electron chi connectivity index (χ0n) is 13.8. The molecule has 0 aliphatic heterocycles. The third-order valence-electron chi connectivity index (χ3n) is 3.24. The Bertz CT molecular complexity index is 1000. The van der Waals surface area contributed by atoms with E-state index in [4.69, 9.17) is 22.1 Å². The Hall–Kier alpha value is -2.47. The number of thiophene rings is 1. The van der Waals surface area contributed by atoms with Crippen LogP contribution < -0.4 is 15.8 Å². The number of nitrogens with two attached hydrogens (primary N) is 1. The van der Waals surface area contributed by atoms with Crippen LogP contribution in [0.4, 0.5) is 5.00 Å². The number of nitrogens with one attached hydrogen (secondary N) is 2. The molecule has 0 atom stereocenters. The molecule has 27 heavy (non-hydrogen) atoms. The Morgan fingerprint density at radius 1 is 1.26 bits per heavy atom. The molecule has 0 saturated heterocycles. The Labute approximate surface area is 163 Å². The summed E-state index contributed by atoms with van der Waals surface area (Å²) in [5.41, 5.74) is 5.21. The van der Waals surface area contributed by atoms with Gasteiger partial charge in [0.25, 0.3) is 11.8 Å². The van der Waals surface area contributed by atoms with Crippen molar-refractivity contribution < 1.29 is 27.5 Å². The number of amides is 2. The summed E-state index contributed by atoms with van der Waals surface area (Å²) in [4.78, 5) is 34.9. The topological polar surface area (TPSA) is 145 Å². The monoisotopic (exact) mass is 431 g/mol. The number of rotatable bonds is 7. The number of carbonyl (C=O) groups is 3. The number of sulfonamides is 1. The smallest absolute Gasteiger partial charge is 0.338 e. The zero-order chi connectivity index (χ0) is 20.2. The highest BCUT2D eigenvalue weighted by Crippen LogP contribution is 2.24. The number of benzene rings is 1. The molecule has 144 valence electrons. The number of carbonyl (C=O) groups excluding carboxylic acids is 3. The fraction of sp³-hybridized carbons (Fsp3) is 0.133. The maximum atomic E-state index is 12.1. The van der Waals surface area contributed by atoms with Crippen LogP contribution >= 0.6 is 22.9 Å². The lowest BCUT2D eigenvalue weighted by Gasteiger charge is -2.09. The summed E-state index contributed by atoms with van der Waals surface area (Å²) in [6.45, 7) is -0.647. The third-order valence-corrected chi connectivity index (χ3v) is 5.97. The molecule has 0 aliphatic rings. The standard InChI is InChI=1S/C15H14ClN3O6S2/c1-18-27(23,24)11-6-8(2-3-10(11)16)15(22)25-7-12(20)19-14-9(13(17)21)4-5-26-14/h2-6,18H,7H2,1H3,(H2,17,21)(H,19,20). The van der Waals surface area contributed by atoms with Crippen molar-refractivity contribution >= 4 is 55.7 Å². The molecular formula is C15H14ClN3O6S2. The molecule has 1 heterocycles. The van der Waals surface area contributed by atoms with Crippen LogP contribution in [0.1, 0.15) is 20.7 Å². The van der Waals surface area contributed by atoms with Crippen molar-refractivity contribution in [3.8, 4) is 0 Å². The van der Waals surface area contributed by atoms with Gasteiger partial charge in [0.1, 0.15) is 9.90 Å². The number of halogens is 1. The predicted molar refractivity (Wildman–Crippen MR) is 99.4 cm³/mol. The minimum atomic E-state index is -3.87. The zero-order valence-corrected chi connectivity index (χ0v) is 16.2. The van der Waals surface area contributed by atoms with E-state index >= 15 is 0 Å². The van der Waals surface area contributed by atoms with Crippen molar-refractivity contribution in [1.82, 2.24) is 4.72 Å². The number of esters is 1. The average molecular weight is 432 g/mol. The molecule has 12 heteroatoms. The summed E-state index contributed by atoms with van der Waals surface area (Å²) in [7, 11) is -2.67. The molecule has 9 nitrogen and oxygen atoms in total. The normalized spacial score (nSPS) is 11.0. The Morgan fingerprint density at radius 2 is 1.96 bits per heavy atom. The van der Waals surface area contributed by atoms with E-state index in [0.29, 0.717) is 0 Å². The highest BCUT2D eigenvalue weighted by molar-refractivity contribution is 7.89. The fourth-order valence-electron chi connectivity index (χ4n) is 1.92.